The smallest absolute Gasteiger partial charge is 0.338 e. The van der Waals surface area contributed by atoms with Crippen LogP contribution in [-0.4, -0.2) is 28.3 Å². The second-order valence-electron chi connectivity index (χ2n) is 2.62. The van der Waals surface area contributed by atoms with Gasteiger partial charge in [-0.3, -0.25) is 5.10 Å². The summed E-state index contributed by atoms with van der Waals surface area (Å²) in [6.07, 6.45) is 1.54. The standard InChI is InChI=1S/C8H6BrN3O2/c1-14-8(13)4-2-6(9)11-7-5(4)3-10-12-7/h2-3H,1H3,(H,10,11,12). The van der Waals surface area contributed by atoms with Crippen LogP contribution < -0.4 is 0 Å². The Morgan fingerprint density at radius 2 is 2.43 bits per heavy atom. The second-order valence-corrected chi connectivity index (χ2v) is 3.43. The first-order chi connectivity index (χ1) is 6.72. The number of nitrogens with one attached hydrogen (secondary N) is 1. The van der Waals surface area contributed by atoms with Gasteiger partial charge in [0.15, 0.2) is 5.65 Å². The van der Waals surface area contributed by atoms with Crippen molar-refractivity contribution in [3.8, 4) is 0 Å². The van der Waals surface area contributed by atoms with Crippen LogP contribution in [-0.2, 0) is 4.74 Å². The number of nitrogens with zero attached hydrogens (tertiary/aromatic N) is 2. The predicted molar refractivity (Wildman–Crippen MR) is 52.9 cm³/mol. The van der Waals surface area contributed by atoms with Crippen molar-refractivity contribution in [3.05, 3.63) is 22.4 Å². The molecule has 1 N–H and O–H groups in total. The van der Waals surface area contributed by atoms with Crippen LogP contribution in [0.3, 0.4) is 0 Å². The van der Waals surface area contributed by atoms with Crippen LogP contribution in [0.5, 0.6) is 0 Å². The van der Waals surface area contributed by atoms with Gasteiger partial charge in [-0.05, 0) is 22.0 Å². The topological polar surface area (TPSA) is 67.9 Å². The minimum Gasteiger partial charge on any atom is -0.465 e. The van der Waals surface area contributed by atoms with Gasteiger partial charge in [-0.15, -0.1) is 0 Å². The molecule has 0 atom stereocenters. The van der Waals surface area contributed by atoms with Gasteiger partial charge in [-0.1, -0.05) is 0 Å². The lowest BCUT2D eigenvalue weighted by Crippen LogP contribution is -2.02. The summed E-state index contributed by atoms with van der Waals surface area (Å²) in [6, 6.07) is 1.60. The molecule has 0 aliphatic heterocycles. The Hall–Kier alpha value is -1.43. The fourth-order valence-corrected chi connectivity index (χ4v) is 1.58. The van der Waals surface area contributed by atoms with Crippen LogP contribution in [0.1, 0.15) is 10.4 Å². The summed E-state index contributed by atoms with van der Waals surface area (Å²) in [5.74, 6) is -0.403. The lowest BCUT2D eigenvalue weighted by atomic mass is 10.2. The highest BCUT2D eigenvalue weighted by Gasteiger charge is 2.13. The molecule has 0 bridgehead atoms. The van der Waals surface area contributed by atoms with Gasteiger partial charge in [-0.2, -0.15) is 5.10 Å². The molecular formula is C8H6BrN3O2. The normalized spacial score (nSPS) is 10.4. The summed E-state index contributed by atoms with van der Waals surface area (Å²) in [4.78, 5) is 15.5. The zero-order valence-electron chi connectivity index (χ0n) is 7.24. The number of esters is 1. The van der Waals surface area contributed by atoms with E-state index in [1.807, 2.05) is 0 Å². The predicted octanol–water partition coefficient (Wildman–Crippen LogP) is 1.51. The van der Waals surface area contributed by atoms with Crippen molar-refractivity contribution in [2.24, 2.45) is 0 Å². The number of methoxy groups -OCH3 is 1. The van der Waals surface area contributed by atoms with Gasteiger partial charge in [-0.25, -0.2) is 9.78 Å². The molecule has 0 saturated heterocycles. The number of halogens is 1. The number of H-pyrrole nitrogens is 1. The molecule has 0 radical (unpaired) electrons. The number of hydrogen-bond donors (Lipinski definition) is 1. The Kier molecular flexibility index (Phi) is 2.20. The molecule has 2 aromatic rings. The van der Waals surface area contributed by atoms with E-state index in [2.05, 4.69) is 35.8 Å². The maximum absolute atomic E-state index is 11.4. The average molecular weight is 256 g/mol. The summed E-state index contributed by atoms with van der Waals surface area (Å²) in [5.41, 5.74) is 0.998. The number of hydrogen-bond acceptors (Lipinski definition) is 4. The van der Waals surface area contributed by atoms with Crippen LogP contribution in [0, 0.1) is 0 Å². The van der Waals surface area contributed by atoms with Crippen LogP contribution in [0.15, 0.2) is 16.9 Å². The van der Waals surface area contributed by atoms with E-state index >= 15 is 0 Å². The van der Waals surface area contributed by atoms with E-state index < -0.39 is 5.97 Å². The van der Waals surface area contributed by atoms with Crippen molar-refractivity contribution in [2.45, 2.75) is 0 Å². The molecule has 0 aliphatic carbocycles. The summed E-state index contributed by atoms with van der Waals surface area (Å²) in [7, 11) is 1.34. The van der Waals surface area contributed by atoms with Crippen molar-refractivity contribution >= 4 is 32.9 Å². The second kappa shape index (κ2) is 3.38. The number of carbonyl (C=O) groups excluding carboxylic acids is 1. The fraction of sp³-hybridized carbons (Fsp3) is 0.125. The fourth-order valence-electron chi connectivity index (χ4n) is 1.18. The molecule has 0 saturated carbocycles. The maximum atomic E-state index is 11.4. The number of pyridine rings is 1. The molecule has 0 amide bonds. The van der Waals surface area contributed by atoms with Crippen molar-refractivity contribution in [1.29, 1.82) is 0 Å². The van der Waals surface area contributed by atoms with Gasteiger partial charge in [0.1, 0.15) is 4.60 Å². The molecule has 0 unspecified atom stereocenters. The third kappa shape index (κ3) is 1.37. The van der Waals surface area contributed by atoms with E-state index in [0.29, 0.717) is 21.2 Å². The van der Waals surface area contributed by atoms with E-state index in [1.54, 1.807) is 12.3 Å². The highest BCUT2D eigenvalue weighted by atomic mass is 79.9. The Morgan fingerprint density at radius 1 is 1.64 bits per heavy atom. The minimum atomic E-state index is -0.403. The number of aromatic amines is 1. The molecule has 0 aromatic carbocycles. The van der Waals surface area contributed by atoms with Crippen LogP contribution in [0.4, 0.5) is 0 Å². The van der Waals surface area contributed by atoms with Crippen molar-refractivity contribution in [3.63, 3.8) is 0 Å². The lowest BCUT2D eigenvalue weighted by molar-refractivity contribution is 0.0603. The maximum Gasteiger partial charge on any atom is 0.338 e. The summed E-state index contributed by atoms with van der Waals surface area (Å²) in [6.45, 7) is 0. The first-order valence-electron chi connectivity index (χ1n) is 3.80. The van der Waals surface area contributed by atoms with Gasteiger partial charge >= 0.3 is 5.97 Å². The number of aromatic nitrogens is 3. The third-order valence-electron chi connectivity index (χ3n) is 1.80. The molecule has 6 heteroatoms. The molecule has 2 aromatic heterocycles. The molecular weight excluding hydrogens is 250 g/mol. The van der Waals surface area contributed by atoms with Gasteiger partial charge < -0.3 is 4.74 Å². The third-order valence-corrected chi connectivity index (χ3v) is 2.20. The zero-order valence-corrected chi connectivity index (χ0v) is 8.83. The quantitative estimate of drug-likeness (QED) is 0.620. The molecule has 5 nitrogen and oxygen atoms in total. The Bertz CT molecular complexity index is 494. The lowest BCUT2D eigenvalue weighted by Gasteiger charge is -2.00. The molecule has 0 fully saturated rings. The van der Waals surface area contributed by atoms with E-state index in [4.69, 9.17) is 0 Å². The minimum absolute atomic E-state index is 0.403. The largest absolute Gasteiger partial charge is 0.465 e. The van der Waals surface area contributed by atoms with E-state index in [0.717, 1.165) is 0 Å². The number of carbonyl (C=O) groups is 1. The Balaban J connectivity index is 2.72. The molecule has 2 heterocycles. The molecule has 14 heavy (non-hydrogen) atoms. The highest BCUT2D eigenvalue weighted by molar-refractivity contribution is 9.10. The first-order valence-corrected chi connectivity index (χ1v) is 4.59. The van der Waals surface area contributed by atoms with Crippen LogP contribution in [0.2, 0.25) is 0 Å². The first kappa shape index (κ1) is 9.14. The van der Waals surface area contributed by atoms with Crippen molar-refractivity contribution in [1.82, 2.24) is 15.2 Å². The van der Waals surface area contributed by atoms with Crippen LogP contribution >= 0.6 is 15.9 Å². The highest BCUT2D eigenvalue weighted by Crippen LogP contribution is 2.19. The summed E-state index contributed by atoms with van der Waals surface area (Å²) in [5, 5.41) is 7.14. The van der Waals surface area contributed by atoms with Gasteiger partial charge in [0.05, 0.1) is 24.3 Å². The number of ether oxygens (including phenoxy) is 1. The van der Waals surface area contributed by atoms with Gasteiger partial charge in [0.25, 0.3) is 0 Å². The average Bonchev–Trinajstić information content (AvgIpc) is 2.62. The molecule has 0 spiro atoms. The Labute approximate surface area is 87.6 Å². The number of rotatable bonds is 1. The van der Waals surface area contributed by atoms with E-state index in [9.17, 15) is 4.79 Å². The number of fused-ring (bicyclic) bond motifs is 1. The monoisotopic (exact) mass is 255 g/mol. The van der Waals surface area contributed by atoms with E-state index in [-0.39, 0.29) is 0 Å². The summed E-state index contributed by atoms with van der Waals surface area (Å²) < 4.78 is 5.20. The van der Waals surface area contributed by atoms with Crippen molar-refractivity contribution < 1.29 is 9.53 Å². The Morgan fingerprint density at radius 3 is 3.14 bits per heavy atom. The molecule has 2 rings (SSSR count). The molecule has 0 aliphatic rings. The SMILES string of the molecule is COC(=O)c1cc(Br)nc2[nH]ncc12. The molecule has 72 valence electrons. The zero-order chi connectivity index (χ0) is 10.1. The summed E-state index contributed by atoms with van der Waals surface area (Å²) >= 11 is 3.20. The van der Waals surface area contributed by atoms with Crippen molar-refractivity contribution in [2.75, 3.05) is 7.11 Å². The van der Waals surface area contributed by atoms with Gasteiger partial charge in [0.2, 0.25) is 0 Å². The van der Waals surface area contributed by atoms with Crippen LogP contribution in [0.25, 0.3) is 11.0 Å². The van der Waals surface area contributed by atoms with E-state index in [1.165, 1.54) is 7.11 Å². The van der Waals surface area contributed by atoms with Gasteiger partial charge in [0, 0.05) is 0 Å².